The summed E-state index contributed by atoms with van der Waals surface area (Å²) in [5, 5.41) is 15.7. The zero-order valence-corrected chi connectivity index (χ0v) is 22.0. The predicted molar refractivity (Wildman–Crippen MR) is 143 cm³/mol. The van der Waals surface area contributed by atoms with E-state index in [4.69, 9.17) is 37.4 Å². The van der Waals surface area contributed by atoms with Gasteiger partial charge in [0.05, 0.1) is 38.5 Å². The second-order valence-corrected chi connectivity index (χ2v) is 11.9. The maximum Gasteiger partial charge on any atom is 0.335 e. The molecular formula is C27H23Cl2N3O4S. The van der Waals surface area contributed by atoms with Crippen molar-refractivity contribution in [3.05, 3.63) is 63.3 Å². The molecular weight excluding hydrogens is 533 g/mol. The Hall–Kier alpha value is -2.65. The number of aromatic nitrogens is 2. The zero-order valence-electron chi connectivity index (χ0n) is 19.7. The van der Waals surface area contributed by atoms with Gasteiger partial charge in [0, 0.05) is 35.5 Å². The van der Waals surface area contributed by atoms with Crippen LogP contribution in [0.5, 0.6) is 0 Å². The minimum absolute atomic E-state index is 0.144. The molecule has 2 aromatic carbocycles. The Morgan fingerprint density at radius 2 is 2.00 bits per heavy atom. The van der Waals surface area contributed by atoms with Crippen molar-refractivity contribution in [2.45, 2.75) is 50.4 Å². The van der Waals surface area contributed by atoms with Crippen LogP contribution in [0.25, 0.3) is 21.5 Å². The molecule has 7 rings (SSSR count). The van der Waals surface area contributed by atoms with Crippen molar-refractivity contribution < 1.29 is 19.2 Å². The maximum absolute atomic E-state index is 11.3. The number of nitrogens with zero attached hydrogens (tertiary/aromatic N) is 3. The third kappa shape index (κ3) is 4.11. The summed E-state index contributed by atoms with van der Waals surface area (Å²) in [7, 11) is 0. The van der Waals surface area contributed by atoms with Crippen LogP contribution in [-0.4, -0.2) is 39.9 Å². The molecule has 3 fully saturated rings. The Labute approximate surface area is 226 Å². The molecule has 2 bridgehead atoms. The van der Waals surface area contributed by atoms with Crippen LogP contribution in [0.15, 0.2) is 40.9 Å². The van der Waals surface area contributed by atoms with E-state index in [1.807, 2.05) is 18.2 Å². The van der Waals surface area contributed by atoms with E-state index in [9.17, 15) is 9.90 Å². The summed E-state index contributed by atoms with van der Waals surface area (Å²) < 4.78 is 13.2. The molecule has 2 aliphatic carbocycles. The molecule has 37 heavy (non-hydrogen) atoms. The molecule has 2 saturated carbocycles. The fourth-order valence-corrected chi connectivity index (χ4v) is 7.41. The molecule has 3 heterocycles. The molecule has 7 nitrogen and oxygen atoms in total. The number of carbonyl (C=O) groups is 1. The lowest BCUT2D eigenvalue weighted by Gasteiger charge is -2.31. The van der Waals surface area contributed by atoms with Gasteiger partial charge in [-0.25, -0.2) is 9.78 Å². The Balaban J connectivity index is 1.08. The minimum atomic E-state index is -0.922. The Morgan fingerprint density at radius 1 is 1.19 bits per heavy atom. The molecule has 0 amide bonds. The van der Waals surface area contributed by atoms with Gasteiger partial charge in [-0.1, -0.05) is 45.8 Å². The van der Waals surface area contributed by atoms with Crippen molar-refractivity contribution in [1.29, 1.82) is 0 Å². The van der Waals surface area contributed by atoms with Crippen LogP contribution in [0.3, 0.4) is 0 Å². The number of benzene rings is 2. The van der Waals surface area contributed by atoms with E-state index >= 15 is 0 Å². The van der Waals surface area contributed by atoms with Crippen LogP contribution < -0.4 is 4.90 Å². The van der Waals surface area contributed by atoms with E-state index in [2.05, 4.69) is 10.1 Å². The van der Waals surface area contributed by atoms with Crippen molar-refractivity contribution in [3.63, 3.8) is 0 Å². The minimum Gasteiger partial charge on any atom is -0.478 e. The molecule has 0 radical (unpaired) electrons. The predicted octanol–water partition coefficient (Wildman–Crippen LogP) is 7.02. The number of carboxylic acid groups (broad SMARTS) is 1. The monoisotopic (exact) mass is 555 g/mol. The van der Waals surface area contributed by atoms with Crippen LogP contribution in [-0.2, 0) is 11.3 Å². The SMILES string of the molecule is O=C(O)c1ccc2nc(N3C[C@@H]4C[C@H]3C[C@H]4OCc3c(-c4c(Cl)cccc4Cl)noc3C3CC3)sc2c1. The lowest BCUT2D eigenvalue weighted by atomic mass is 10.0. The van der Waals surface area contributed by atoms with E-state index in [0.29, 0.717) is 45.8 Å². The van der Waals surface area contributed by atoms with Crippen LogP contribution in [0.1, 0.15) is 53.3 Å². The van der Waals surface area contributed by atoms with Crippen LogP contribution in [0.2, 0.25) is 10.0 Å². The number of ether oxygens (including phenoxy) is 1. The molecule has 3 atom stereocenters. The van der Waals surface area contributed by atoms with Gasteiger partial charge >= 0.3 is 5.97 Å². The average molecular weight is 556 g/mol. The number of anilines is 1. The van der Waals surface area contributed by atoms with Gasteiger partial charge < -0.3 is 19.3 Å². The highest BCUT2D eigenvalue weighted by molar-refractivity contribution is 7.22. The lowest BCUT2D eigenvalue weighted by molar-refractivity contribution is 0.0122. The number of thiazole rings is 1. The van der Waals surface area contributed by atoms with Crippen molar-refractivity contribution >= 4 is 55.9 Å². The molecule has 10 heteroatoms. The van der Waals surface area contributed by atoms with Gasteiger partial charge in [-0.2, -0.15) is 0 Å². The van der Waals surface area contributed by atoms with E-state index < -0.39 is 5.97 Å². The van der Waals surface area contributed by atoms with Gasteiger partial charge in [0.15, 0.2) is 5.13 Å². The third-order valence-electron chi connectivity index (χ3n) is 7.75. The Kier molecular flexibility index (Phi) is 5.69. The number of aromatic carboxylic acids is 1. The van der Waals surface area contributed by atoms with Crippen LogP contribution >= 0.6 is 34.5 Å². The maximum atomic E-state index is 11.3. The number of halogens is 2. The summed E-state index contributed by atoms with van der Waals surface area (Å²) in [4.78, 5) is 18.5. The molecule has 0 spiro atoms. The third-order valence-corrected chi connectivity index (χ3v) is 9.44. The highest BCUT2D eigenvalue weighted by Gasteiger charge is 2.46. The van der Waals surface area contributed by atoms with Crippen LogP contribution in [0.4, 0.5) is 5.13 Å². The molecule has 1 N–H and O–H groups in total. The van der Waals surface area contributed by atoms with E-state index in [1.54, 1.807) is 29.5 Å². The standard InChI is InChI=1S/C27H23Cl2N3O4S/c28-18-2-1-3-19(29)23(18)24-17(25(36-31-24)13-4-5-13)12-35-21-10-16-8-15(21)11-32(16)27-30-20-7-6-14(26(33)34)9-22(20)37-27/h1-3,6-7,9,13,15-16,21H,4-5,8,10-12H2,(H,33,34)/t15-,16-,21+/m0/s1. The van der Waals surface area contributed by atoms with Gasteiger partial charge in [0.1, 0.15) is 11.5 Å². The van der Waals surface area contributed by atoms with E-state index in [1.165, 1.54) is 0 Å². The molecule has 1 aliphatic heterocycles. The number of rotatable bonds is 7. The average Bonchev–Trinajstić information content (AvgIpc) is 3.21. The fraction of sp³-hybridized carbons (Fsp3) is 0.370. The summed E-state index contributed by atoms with van der Waals surface area (Å²) in [6.45, 7) is 1.29. The van der Waals surface area contributed by atoms with Gasteiger partial charge in [-0.05, 0) is 56.0 Å². The first-order valence-corrected chi connectivity index (χ1v) is 14.0. The molecule has 0 unspecified atom stereocenters. The van der Waals surface area contributed by atoms with Gasteiger partial charge in [0.2, 0.25) is 0 Å². The van der Waals surface area contributed by atoms with Crippen molar-refractivity contribution in [3.8, 4) is 11.3 Å². The molecule has 190 valence electrons. The highest BCUT2D eigenvalue weighted by Crippen LogP contribution is 2.48. The normalized spacial score (nSPS) is 22.9. The summed E-state index contributed by atoms with van der Waals surface area (Å²) in [5.41, 5.74) is 3.46. The van der Waals surface area contributed by atoms with E-state index in [-0.39, 0.29) is 11.7 Å². The highest BCUT2D eigenvalue weighted by atomic mass is 35.5. The Morgan fingerprint density at radius 3 is 2.70 bits per heavy atom. The van der Waals surface area contributed by atoms with Gasteiger partial charge in [0.25, 0.3) is 0 Å². The summed E-state index contributed by atoms with van der Waals surface area (Å²) in [5.74, 6) is 0.765. The molecule has 2 aromatic heterocycles. The summed E-state index contributed by atoms with van der Waals surface area (Å²) >= 11 is 14.6. The van der Waals surface area contributed by atoms with Crippen molar-refractivity contribution in [2.75, 3.05) is 11.4 Å². The van der Waals surface area contributed by atoms with Crippen molar-refractivity contribution in [2.24, 2.45) is 5.92 Å². The fourth-order valence-electron chi connectivity index (χ4n) is 5.75. The molecule has 1 saturated heterocycles. The van der Waals surface area contributed by atoms with Crippen LogP contribution in [0, 0.1) is 5.92 Å². The topological polar surface area (TPSA) is 88.7 Å². The summed E-state index contributed by atoms with van der Waals surface area (Å²) in [6, 6.07) is 10.9. The van der Waals surface area contributed by atoms with Gasteiger partial charge in [-0.3, -0.25) is 0 Å². The number of hydrogen-bond acceptors (Lipinski definition) is 7. The lowest BCUT2D eigenvalue weighted by Crippen LogP contribution is -2.38. The molecule has 3 aliphatic rings. The largest absolute Gasteiger partial charge is 0.478 e. The quantitative estimate of drug-likeness (QED) is 0.262. The second-order valence-electron chi connectivity index (χ2n) is 10.1. The number of fused-ring (bicyclic) bond motifs is 3. The summed E-state index contributed by atoms with van der Waals surface area (Å²) in [6.07, 6.45) is 4.32. The number of piperidine rings is 1. The zero-order chi connectivity index (χ0) is 25.3. The first-order valence-electron chi connectivity index (χ1n) is 12.4. The second kappa shape index (κ2) is 8.98. The first kappa shape index (κ1) is 23.5. The number of hydrogen-bond donors (Lipinski definition) is 1. The van der Waals surface area contributed by atoms with Crippen molar-refractivity contribution in [1.82, 2.24) is 10.1 Å². The smallest absolute Gasteiger partial charge is 0.335 e. The molecule has 4 aromatic rings. The number of carboxylic acids is 1. The van der Waals surface area contributed by atoms with E-state index in [0.717, 1.165) is 58.9 Å². The van der Waals surface area contributed by atoms with Gasteiger partial charge in [-0.15, -0.1) is 0 Å². The Bertz CT molecular complexity index is 1510. The first-order chi connectivity index (χ1) is 18.0.